The lowest BCUT2D eigenvalue weighted by atomic mass is 10.2. The normalized spacial score (nSPS) is 10.7. The second-order valence-corrected chi connectivity index (χ2v) is 6.88. The van der Waals surface area contributed by atoms with Crippen LogP contribution in [-0.4, -0.2) is 33.4 Å². The zero-order valence-electron chi connectivity index (χ0n) is 14.9. The van der Waals surface area contributed by atoms with E-state index in [0.717, 1.165) is 28.3 Å². The summed E-state index contributed by atoms with van der Waals surface area (Å²) in [5, 5.41) is 8.70. The van der Waals surface area contributed by atoms with E-state index in [9.17, 15) is 4.79 Å². The number of benzene rings is 1. The molecule has 2 aromatic heterocycles. The van der Waals surface area contributed by atoms with Gasteiger partial charge in [0, 0.05) is 24.6 Å². The molecule has 7 heteroatoms. The van der Waals surface area contributed by atoms with E-state index in [2.05, 4.69) is 9.97 Å². The molecule has 0 saturated heterocycles. The number of carboxylic acid groups (broad SMARTS) is 1. The Kier molecular flexibility index (Phi) is 6.49. The van der Waals surface area contributed by atoms with Crippen molar-refractivity contribution < 1.29 is 19.1 Å². The van der Waals surface area contributed by atoms with Gasteiger partial charge in [-0.15, -0.1) is 11.8 Å². The third-order valence-electron chi connectivity index (χ3n) is 3.80. The Morgan fingerprint density at radius 1 is 1.30 bits per heavy atom. The summed E-state index contributed by atoms with van der Waals surface area (Å²) in [5.74, 6) is 2.03. The third-order valence-corrected chi connectivity index (χ3v) is 4.79. The van der Waals surface area contributed by atoms with Gasteiger partial charge >= 0.3 is 5.97 Å². The minimum atomic E-state index is -0.805. The highest BCUT2D eigenvalue weighted by Gasteiger charge is 2.11. The summed E-state index contributed by atoms with van der Waals surface area (Å²) < 4.78 is 11.6. The molecular formula is C20H20N2O4S. The van der Waals surface area contributed by atoms with Gasteiger partial charge in [-0.1, -0.05) is 12.1 Å². The van der Waals surface area contributed by atoms with Crippen molar-refractivity contribution in [3.05, 3.63) is 65.8 Å². The number of aryl methyl sites for hydroxylation is 1. The van der Waals surface area contributed by atoms with Crippen molar-refractivity contribution in [1.82, 2.24) is 9.97 Å². The zero-order chi connectivity index (χ0) is 19.1. The average molecular weight is 384 g/mol. The first-order valence-electron chi connectivity index (χ1n) is 8.50. The van der Waals surface area contributed by atoms with Crippen LogP contribution in [0.5, 0.6) is 5.75 Å². The number of pyridine rings is 1. The number of oxazole rings is 1. The van der Waals surface area contributed by atoms with Gasteiger partial charge in [0.2, 0.25) is 5.89 Å². The second-order valence-electron chi connectivity index (χ2n) is 5.90. The van der Waals surface area contributed by atoms with Crippen molar-refractivity contribution in [1.29, 1.82) is 0 Å². The number of ether oxygens (including phenoxy) is 1. The van der Waals surface area contributed by atoms with Crippen LogP contribution < -0.4 is 4.74 Å². The highest BCUT2D eigenvalue weighted by molar-refractivity contribution is 7.99. The second kappa shape index (κ2) is 9.23. The molecule has 6 nitrogen and oxygen atoms in total. The molecule has 0 aliphatic rings. The fraction of sp³-hybridized carbons (Fsp3) is 0.250. The largest absolute Gasteiger partial charge is 0.493 e. The van der Waals surface area contributed by atoms with Gasteiger partial charge in [-0.3, -0.25) is 9.78 Å². The SMILES string of the molecule is Cc1oc(-c2cccnc2)nc1CCOc1cccc(CSCC(=O)O)c1. The molecule has 27 heavy (non-hydrogen) atoms. The maximum absolute atomic E-state index is 10.6. The molecule has 0 aliphatic carbocycles. The highest BCUT2D eigenvalue weighted by atomic mass is 32.2. The Balaban J connectivity index is 1.54. The number of hydrogen-bond acceptors (Lipinski definition) is 6. The van der Waals surface area contributed by atoms with E-state index in [1.165, 1.54) is 11.8 Å². The quantitative estimate of drug-likeness (QED) is 0.597. The number of carbonyl (C=O) groups is 1. The number of nitrogens with zero attached hydrogens (tertiary/aromatic N) is 2. The minimum Gasteiger partial charge on any atom is -0.493 e. The van der Waals surface area contributed by atoms with Crippen LogP contribution in [0, 0.1) is 6.92 Å². The summed E-state index contributed by atoms with van der Waals surface area (Å²) >= 11 is 1.36. The molecule has 2 heterocycles. The van der Waals surface area contributed by atoms with Crippen LogP contribution in [0.25, 0.3) is 11.5 Å². The summed E-state index contributed by atoms with van der Waals surface area (Å²) in [7, 11) is 0. The van der Waals surface area contributed by atoms with E-state index in [1.807, 2.05) is 43.3 Å². The Morgan fingerprint density at radius 3 is 2.96 bits per heavy atom. The van der Waals surface area contributed by atoms with Crippen LogP contribution in [0.15, 0.2) is 53.2 Å². The van der Waals surface area contributed by atoms with Crippen molar-refractivity contribution in [3.8, 4) is 17.2 Å². The number of thioether (sulfide) groups is 1. The summed E-state index contributed by atoms with van der Waals surface area (Å²) in [5.41, 5.74) is 2.75. The van der Waals surface area contributed by atoms with Crippen molar-refractivity contribution >= 4 is 17.7 Å². The number of rotatable bonds is 9. The molecule has 0 bridgehead atoms. The van der Waals surface area contributed by atoms with E-state index < -0.39 is 5.97 Å². The minimum absolute atomic E-state index is 0.0930. The Morgan fingerprint density at radius 2 is 2.19 bits per heavy atom. The van der Waals surface area contributed by atoms with Crippen molar-refractivity contribution in [2.45, 2.75) is 19.1 Å². The van der Waals surface area contributed by atoms with E-state index in [0.29, 0.717) is 24.7 Å². The smallest absolute Gasteiger partial charge is 0.313 e. The molecule has 0 spiro atoms. The van der Waals surface area contributed by atoms with Crippen LogP contribution in [0.2, 0.25) is 0 Å². The van der Waals surface area contributed by atoms with Gasteiger partial charge in [0.15, 0.2) is 0 Å². The Bertz CT molecular complexity index is 896. The van der Waals surface area contributed by atoms with Gasteiger partial charge < -0.3 is 14.3 Å². The monoisotopic (exact) mass is 384 g/mol. The number of carboxylic acids is 1. The predicted molar refractivity (Wildman–Crippen MR) is 104 cm³/mol. The van der Waals surface area contributed by atoms with Gasteiger partial charge in [0.25, 0.3) is 0 Å². The molecule has 3 aromatic rings. The van der Waals surface area contributed by atoms with E-state index in [-0.39, 0.29) is 5.75 Å². The molecule has 1 aromatic carbocycles. The molecule has 0 radical (unpaired) electrons. The maximum Gasteiger partial charge on any atom is 0.313 e. The molecule has 0 saturated carbocycles. The number of hydrogen-bond donors (Lipinski definition) is 1. The molecule has 0 amide bonds. The predicted octanol–water partition coefficient (Wildman–Crippen LogP) is 3.98. The van der Waals surface area contributed by atoms with Crippen molar-refractivity contribution in [2.75, 3.05) is 12.4 Å². The van der Waals surface area contributed by atoms with Crippen LogP contribution in [0.3, 0.4) is 0 Å². The van der Waals surface area contributed by atoms with Crippen LogP contribution in [0.4, 0.5) is 0 Å². The fourth-order valence-corrected chi connectivity index (χ4v) is 3.21. The lowest BCUT2D eigenvalue weighted by Gasteiger charge is -2.07. The number of aromatic nitrogens is 2. The first-order valence-corrected chi connectivity index (χ1v) is 9.65. The van der Waals surface area contributed by atoms with Crippen molar-refractivity contribution in [2.24, 2.45) is 0 Å². The molecule has 140 valence electrons. The first kappa shape index (κ1) is 19.0. The molecule has 0 atom stereocenters. The van der Waals surface area contributed by atoms with Gasteiger partial charge in [-0.2, -0.15) is 0 Å². The highest BCUT2D eigenvalue weighted by Crippen LogP contribution is 2.22. The van der Waals surface area contributed by atoms with Gasteiger partial charge in [0.1, 0.15) is 11.5 Å². The van der Waals surface area contributed by atoms with Crippen LogP contribution in [-0.2, 0) is 17.0 Å². The Labute approximate surface area is 161 Å². The Hall–Kier alpha value is -2.80. The van der Waals surface area contributed by atoms with E-state index in [4.69, 9.17) is 14.3 Å². The number of aliphatic carboxylic acids is 1. The molecule has 0 fully saturated rings. The summed E-state index contributed by atoms with van der Waals surface area (Å²) in [6.45, 7) is 2.37. The van der Waals surface area contributed by atoms with Gasteiger partial charge in [-0.25, -0.2) is 4.98 Å². The molecule has 0 unspecified atom stereocenters. The van der Waals surface area contributed by atoms with E-state index in [1.54, 1.807) is 12.4 Å². The maximum atomic E-state index is 10.6. The topological polar surface area (TPSA) is 85.5 Å². The lowest BCUT2D eigenvalue weighted by molar-refractivity contribution is -0.133. The molecule has 3 rings (SSSR count). The first-order chi connectivity index (χ1) is 13.1. The summed E-state index contributed by atoms with van der Waals surface area (Å²) in [4.78, 5) is 19.2. The summed E-state index contributed by atoms with van der Waals surface area (Å²) in [6.07, 6.45) is 4.06. The molecule has 1 N–H and O–H groups in total. The lowest BCUT2D eigenvalue weighted by Crippen LogP contribution is -2.03. The fourth-order valence-electron chi connectivity index (χ4n) is 2.52. The standard InChI is InChI=1S/C20H20N2O4S/c1-14-18(22-20(26-14)16-5-3-8-21-11-16)7-9-25-17-6-2-4-15(10-17)12-27-13-19(23)24/h2-6,8,10-11H,7,9,12-13H2,1H3,(H,23,24). The van der Waals surface area contributed by atoms with E-state index >= 15 is 0 Å². The average Bonchev–Trinajstić information content (AvgIpc) is 3.03. The molecular weight excluding hydrogens is 364 g/mol. The van der Waals surface area contributed by atoms with Crippen LogP contribution in [0.1, 0.15) is 17.0 Å². The van der Waals surface area contributed by atoms with Gasteiger partial charge in [0.05, 0.1) is 23.6 Å². The molecule has 0 aliphatic heterocycles. The summed E-state index contributed by atoms with van der Waals surface area (Å²) in [6, 6.07) is 11.5. The van der Waals surface area contributed by atoms with Crippen LogP contribution >= 0.6 is 11.8 Å². The van der Waals surface area contributed by atoms with Crippen molar-refractivity contribution in [3.63, 3.8) is 0 Å². The third kappa shape index (κ3) is 5.59. The van der Waals surface area contributed by atoms with Gasteiger partial charge in [-0.05, 0) is 36.8 Å². The zero-order valence-corrected chi connectivity index (χ0v) is 15.7.